The normalized spacial score (nSPS) is 25.2. The molecule has 0 spiro atoms. The summed E-state index contributed by atoms with van der Waals surface area (Å²) in [5, 5.41) is 23.9. The van der Waals surface area contributed by atoms with Crippen molar-refractivity contribution in [3.63, 3.8) is 0 Å². The molecule has 4 N–H and O–H groups in total. The van der Waals surface area contributed by atoms with Crippen LogP contribution in [0.15, 0.2) is 53.5 Å². The molecular weight excluding hydrogens is 572 g/mol. The molecule has 1 unspecified atom stereocenters. The number of aliphatic hydroxyl groups excluding tert-OH is 1. The van der Waals surface area contributed by atoms with Gasteiger partial charge in [-0.3, -0.25) is 14.7 Å². The average molecular weight is 609 g/mol. The second-order valence-corrected chi connectivity index (χ2v) is 11.9. The van der Waals surface area contributed by atoms with Gasteiger partial charge in [0.25, 0.3) is 0 Å². The lowest BCUT2D eigenvalue weighted by atomic mass is 9.38. The first-order chi connectivity index (χ1) is 20.0. The van der Waals surface area contributed by atoms with Gasteiger partial charge in [-0.05, 0) is 64.8 Å². The van der Waals surface area contributed by atoms with Crippen molar-refractivity contribution in [3.8, 4) is 5.75 Å². The fourth-order valence-corrected chi connectivity index (χ4v) is 5.78. The average Bonchev–Trinajstić information content (AvgIpc) is 3.18. The molecule has 3 saturated carbocycles. The number of nitrogens with zero attached hydrogens (tertiary/aromatic N) is 2. The first-order valence-corrected chi connectivity index (χ1v) is 13.6. The van der Waals surface area contributed by atoms with Gasteiger partial charge in [-0.25, -0.2) is 4.39 Å². The maximum Gasteiger partial charge on any atom is 0.416 e. The molecule has 1 heterocycles. The van der Waals surface area contributed by atoms with E-state index in [4.69, 9.17) is 14.7 Å². The Morgan fingerprint density at radius 2 is 1.74 bits per heavy atom. The summed E-state index contributed by atoms with van der Waals surface area (Å²) in [7, 11) is 1.96. The molecule has 13 heteroatoms. The van der Waals surface area contributed by atoms with Crippen LogP contribution >= 0.6 is 0 Å². The zero-order valence-electron chi connectivity index (χ0n) is 24.3. The summed E-state index contributed by atoms with van der Waals surface area (Å²) in [6.07, 6.45) is -4.76. The summed E-state index contributed by atoms with van der Waals surface area (Å²) in [5.41, 5.74) is 1.04. The molecule has 1 aliphatic heterocycles. The molecule has 2 aromatic carbocycles. The molecule has 2 atom stereocenters. The number of aliphatic hydroxyl groups is 1. The number of aryl methyl sites for hydroxylation is 1. The van der Waals surface area contributed by atoms with E-state index in [1.54, 1.807) is 19.9 Å². The molecule has 234 valence electrons. The van der Waals surface area contributed by atoms with Gasteiger partial charge in [0.05, 0.1) is 12.1 Å². The molecular formula is C30H36F4N4O5. The number of halogens is 4. The minimum absolute atomic E-state index is 0.0557. The van der Waals surface area contributed by atoms with E-state index in [1.165, 1.54) is 17.7 Å². The third-order valence-corrected chi connectivity index (χ3v) is 8.16. The number of rotatable bonds is 7. The maximum atomic E-state index is 13.6. The number of aromatic hydroxyl groups is 1. The first-order valence-electron chi connectivity index (χ1n) is 13.6. The fourth-order valence-electron chi connectivity index (χ4n) is 5.78. The molecule has 4 aliphatic rings. The van der Waals surface area contributed by atoms with Crippen LogP contribution in [0.3, 0.4) is 0 Å². The van der Waals surface area contributed by atoms with Crippen LogP contribution in [0.25, 0.3) is 0 Å². The molecule has 0 radical (unpaired) electrons. The van der Waals surface area contributed by atoms with Gasteiger partial charge in [0.1, 0.15) is 5.84 Å². The van der Waals surface area contributed by atoms with Gasteiger partial charge in [0.2, 0.25) is 5.91 Å². The van der Waals surface area contributed by atoms with E-state index in [9.17, 15) is 27.5 Å². The predicted molar refractivity (Wildman–Crippen MR) is 148 cm³/mol. The smallest absolute Gasteiger partial charge is 0.416 e. The van der Waals surface area contributed by atoms with Gasteiger partial charge >= 0.3 is 12.3 Å². The highest BCUT2D eigenvalue weighted by Crippen LogP contribution is 2.70. The number of hydrogen-bond acceptors (Lipinski definition) is 8. The fraction of sp³-hybridized carbons (Fsp3) is 0.500. The second-order valence-electron chi connectivity index (χ2n) is 11.9. The van der Waals surface area contributed by atoms with Crippen LogP contribution in [-0.2, 0) is 20.9 Å². The lowest BCUT2D eigenvalue weighted by Crippen LogP contribution is -2.77. The highest BCUT2D eigenvalue weighted by atomic mass is 19.4. The Morgan fingerprint density at radius 1 is 1.16 bits per heavy atom. The van der Waals surface area contributed by atoms with Gasteiger partial charge in [-0.15, -0.1) is 0 Å². The van der Waals surface area contributed by atoms with Crippen molar-refractivity contribution < 1.29 is 42.2 Å². The zero-order chi connectivity index (χ0) is 32.2. The van der Waals surface area contributed by atoms with Gasteiger partial charge in [-0.2, -0.15) is 22.8 Å². The maximum absolute atomic E-state index is 13.6. The summed E-state index contributed by atoms with van der Waals surface area (Å²) in [5.74, 6) is -1.02. The molecule has 43 heavy (non-hydrogen) atoms. The quantitative estimate of drug-likeness (QED) is 0.354. The summed E-state index contributed by atoms with van der Waals surface area (Å²) in [6, 6.07) is 13.7. The number of alkyl halides is 3. The van der Waals surface area contributed by atoms with Crippen LogP contribution in [0.2, 0.25) is 0 Å². The first kappa shape index (κ1) is 33.7. The molecule has 6 rings (SSSR count). The lowest BCUT2D eigenvalue weighted by molar-refractivity contribution is -0.202. The number of amides is 1. The highest BCUT2D eigenvalue weighted by Gasteiger charge is 2.72. The van der Waals surface area contributed by atoms with E-state index < -0.39 is 42.1 Å². The number of hydrogen-bond donors (Lipinski definition) is 4. The molecule has 0 aromatic heterocycles. The van der Waals surface area contributed by atoms with E-state index in [-0.39, 0.29) is 22.9 Å². The van der Waals surface area contributed by atoms with Crippen LogP contribution in [0.1, 0.15) is 44.2 Å². The Labute approximate surface area is 247 Å². The Bertz CT molecular complexity index is 1340. The molecule has 3 fully saturated rings. The highest BCUT2D eigenvalue weighted by molar-refractivity contribution is 5.98. The van der Waals surface area contributed by atoms with Crippen LogP contribution in [0.5, 0.6) is 5.75 Å². The van der Waals surface area contributed by atoms with Crippen molar-refractivity contribution in [3.05, 3.63) is 65.5 Å². The van der Waals surface area contributed by atoms with E-state index >= 15 is 0 Å². The molecule has 9 nitrogen and oxygen atoms in total. The number of nitrogens with one attached hydrogen (secondary N) is 2. The summed E-state index contributed by atoms with van der Waals surface area (Å²) in [4.78, 5) is 35.5. The minimum atomic E-state index is -4.80. The van der Waals surface area contributed by atoms with E-state index in [2.05, 4.69) is 39.6 Å². The zero-order valence-corrected chi connectivity index (χ0v) is 24.3. The minimum Gasteiger partial charge on any atom is -0.505 e. The Hall–Kier alpha value is -3.80. The summed E-state index contributed by atoms with van der Waals surface area (Å²) in [6.45, 7) is 5.21. The van der Waals surface area contributed by atoms with Crippen LogP contribution in [0, 0.1) is 18.2 Å². The van der Waals surface area contributed by atoms with Crippen molar-refractivity contribution in [2.45, 2.75) is 76.0 Å². The molecule has 2 bridgehead atoms. The number of amidine groups is 1. The number of aliphatic imine (C=N–C) groups is 1. The Balaban J connectivity index is 0.000000432. The SMILES string of the molecule is CN(Cc1ccc(O)c(F)c1)C12CC(C3=N[C@@H](C(=O)NCC(O)C(F)(F)F)C(C)(C)N3)(C1)C2.Cc1ccccc1.O=C=O. The Morgan fingerprint density at radius 3 is 2.23 bits per heavy atom. The number of phenolic OH excluding ortho intramolecular Hbond substituents is 1. The molecule has 2 aromatic rings. The summed E-state index contributed by atoms with van der Waals surface area (Å²) >= 11 is 0. The van der Waals surface area contributed by atoms with Gasteiger partial charge in [0, 0.05) is 17.5 Å². The lowest BCUT2D eigenvalue weighted by Gasteiger charge is -2.73. The molecule has 0 saturated heterocycles. The van der Waals surface area contributed by atoms with Gasteiger partial charge < -0.3 is 20.8 Å². The second kappa shape index (κ2) is 12.8. The van der Waals surface area contributed by atoms with E-state index in [0.29, 0.717) is 12.4 Å². The monoisotopic (exact) mass is 608 g/mol. The summed E-state index contributed by atoms with van der Waals surface area (Å²) < 4.78 is 51.2. The third kappa shape index (κ3) is 7.59. The van der Waals surface area contributed by atoms with Crippen LogP contribution in [-0.4, -0.2) is 76.0 Å². The number of carbonyl (C=O) groups excluding carboxylic acids is 3. The topological polar surface area (TPSA) is 131 Å². The largest absolute Gasteiger partial charge is 0.505 e. The predicted octanol–water partition coefficient (Wildman–Crippen LogP) is 3.49. The van der Waals surface area contributed by atoms with Crippen molar-refractivity contribution >= 4 is 17.9 Å². The van der Waals surface area contributed by atoms with Crippen molar-refractivity contribution in [1.82, 2.24) is 15.5 Å². The van der Waals surface area contributed by atoms with Crippen LogP contribution < -0.4 is 10.6 Å². The number of benzene rings is 2. The van der Waals surface area contributed by atoms with Gasteiger partial charge in [0.15, 0.2) is 23.7 Å². The van der Waals surface area contributed by atoms with Crippen LogP contribution in [0.4, 0.5) is 17.6 Å². The number of phenols is 1. The molecule has 3 aliphatic carbocycles. The van der Waals surface area contributed by atoms with Crippen molar-refractivity contribution in [2.24, 2.45) is 10.4 Å². The van der Waals surface area contributed by atoms with E-state index in [0.717, 1.165) is 24.8 Å². The Kier molecular flexibility index (Phi) is 10.1. The standard InChI is InChI=1S/C22H28F4N4O3.C7H8.CO2/c1-19(2)16(17(33)27-7-15(32)22(24,25)26)28-18(29-19)20-9-21(10-20,11-20)30(3)8-12-4-5-14(31)13(23)6-12;1-7-5-3-2-4-6-7;2-1-3/h4-6,15-16,31-32H,7-11H2,1-3H3,(H,27,33)(H,28,29);2-6H,1H3;/t15?,16-,20?,21?;;/m0../s1. The van der Waals surface area contributed by atoms with Crippen molar-refractivity contribution in [1.29, 1.82) is 0 Å². The van der Waals surface area contributed by atoms with E-state index in [1.807, 2.05) is 25.2 Å². The molecule has 1 amide bonds. The third-order valence-electron chi connectivity index (χ3n) is 8.16. The van der Waals surface area contributed by atoms with Gasteiger partial charge in [-0.1, -0.05) is 42.0 Å². The number of carbonyl (C=O) groups is 1. The van der Waals surface area contributed by atoms with Crippen molar-refractivity contribution in [2.75, 3.05) is 13.6 Å².